The van der Waals surface area contributed by atoms with Gasteiger partial charge in [-0.2, -0.15) is 4.98 Å². The Balaban J connectivity index is 0.00000115. The number of nitrogens with two attached hydrogens (primary N) is 2. The van der Waals surface area contributed by atoms with E-state index in [1.165, 1.54) is 28.1 Å². The van der Waals surface area contributed by atoms with Crippen LogP contribution in [0.2, 0.25) is 0 Å². The number of hydrogen-bond acceptors (Lipinski definition) is 17. The highest BCUT2D eigenvalue weighted by molar-refractivity contribution is 7.47. The summed E-state index contributed by atoms with van der Waals surface area (Å²) in [4.78, 5) is 52.6. The number of nitrogens with zero attached hydrogens (tertiary/aromatic N) is 7. The number of aliphatic hydroxyl groups is 2. The Morgan fingerprint density at radius 1 is 1.16 bits per heavy atom. The Morgan fingerprint density at radius 2 is 1.87 bits per heavy atom. The number of fused-ring (bicyclic) bond motifs is 4. The number of rotatable bonds is 8. The molecule has 22 nitrogen and oxygen atoms in total. The molecule has 0 saturated carbocycles. The second-order valence-corrected chi connectivity index (χ2v) is 11.8. The molecule has 3 aliphatic heterocycles. The van der Waals surface area contributed by atoms with Crippen molar-refractivity contribution in [1.82, 2.24) is 39.0 Å². The first-order valence-corrected chi connectivity index (χ1v) is 15.3. The average Bonchev–Trinajstić information content (AvgIpc) is 3.81. The molecule has 2 unspecified atom stereocenters. The zero-order valence-corrected chi connectivity index (χ0v) is 24.5. The molecule has 0 aliphatic carbocycles. The third kappa shape index (κ3) is 5.59. The Hall–Kier alpha value is -3.53. The van der Waals surface area contributed by atoms with Gasteiger partial charge in [-0.15, -0.1) is 0 Å². The van der Waals surface area contributed by atoms with E-state index >= 15 is 0 Å². The van der Waals surface area contributed by atoms with Crippen molar-refractivity contribution in [3.05, 3.63) is 29.3 Å². The van der Waals surface area contributed by atoms with Gasteiger partial charge in [0.25, 0.3) is 5.56 Å². The number of aromatic amines is 1. The Bertz CT molecular complexity index is 1840. The van der Waals surface area contributed by atoms with Crippen LogP contribution >= 0.6 is 16.5 Å². The summed E-state index contributed by atoms with van der Waals surface area (Å²) in [6.07, 6.45) is -2.14. The van der Waals surface area contributed by atoms with Crippen LogP contribution < -0.4 is 17.0 Å². The van der Waals surface area contributed by atoms with E-state index in [0.29, 0.717) is 11.2 Å². The van der Waals surface area contributed by atoms with Crippen LogP contribution in [0.15, 0.2) is 23.8 Å². The molecular weight excluding hydrogens is 646 g/mol. The topological polar surface area (TPSA) is 320 Å². The van der Waals surface area contributed by atoms with Gasteiger partial charge in [-0.3, -0.25) is 28.0 Å². The predicted octanol–water partition coefficient (Wildman–Crippen LogP) is -1.88. The zero-order valence-electron chi connectivity index (χ0n) is 22.8. The molecule has 7 heterocycles. The summed E-state index contributed by atoms with van der Waals surface area (Å²) in [6, 6.07) is 0. The Labute approximate surface area is 251 Å². The van der Waals surface area contributed by atoms with Crippen LogP contribution in [0.3, 0.4) is 0 Å². The lowest BCUT2D eigenvalue weighted by Crippen LogP contribution is -2.44. The first-order valence-electron chi connectivity index (χ1n) is 13.0. The standard InChI is InChI=1S/C21H25N10O10P.HO2P/c22-14-10-15(25-5-24-14)30(6-26-10)19-12-13(33)21(40-19,3-37-12)4-38-42(35,36)41-9-1-8(2-32)39-18(9)31-7-27-11-16(31)28-20(23)29-17(11)34;1-3-2/h5-9,12-13,18-19,32-33H,1-4H2,(H,35,36)(H2,22,24,25)(H3,23,28,29,34);(H,1,2)/t8-,9-,12-,13?,18+,19+,21+;/m0./s1. The van der Waals surface area contributed by atoms with Gasteiger partial charge in [0.15, 0.2) is 35.1 Å². The first-order chi connectivity index (χ1) is 21.5. The number of anilines is 2. The molecule has 24 heteroatoms. The minimum absolute atomic E-state index is 0.0103. The highest BCUT2D eigenvalue weighted by atomic mass is 31.2. The second-order valence-electron chi connectivity index (χ2n) is 10.2. The summed E-state index contributed by atoms with van der Waals surface area (Å²) in [5.41, 5.74) is 10.1. The molecular formula is C21H26N10O12P2. The maximum absolute atomic E-state index is 13.2. The minimum atomic E-state index is -4.85. The molecule has 242 valence electrons. The van der Waals surface area contributed by atoms with Crippen molar-refractivity contribution in [2.45, 2.75) is 48.9 Å². The maximum atomic E-state index is 13.2. The fourth-order valence-electron chi connectivity index (χ4n) is 5.49. The number of nitrogens with one attached hydrogen (secondary N) is 1. The van der Waals surface area contributed by atoms with Crippen LogP contribution in [0.25, 0.3) is 22.3 Å². The van der Waals surface area contributed by atoms with Crippen LogP contribution in [-0.4, -0.2) is 109 Å². The molecule has 0 radical (unpaired) electrons. The van der Waals surface area contributed by atoms with E-state index in [4.69, 9.17) is 44.2 Å². The zero-order chi connectivity index (χ0) is 32.1. The van der Waals surface area contributed by atoms with Crippen molar-refractivity contribution in [2.24, 2.45) is 0 Å². The van der Waals surface area contributed by atoms with Crippen molar-refractivity contribution < 1.29 is 52.4 Å². The molecule has 3 aliphatic rings. The van der Waals surface area contributed by atoms with E-state index in [1.807, 2.05) is 0 Å². The van der Waals surface area contributed by atoms with Crippen molar-refractivity contribution in [2.75, 3.05) is 31.3 Å². The molecule has 0 aromatic carbocycles. The fraction of sp³-hybridized carbons (Fsp3) is 0.524. The smallest absolute Gasteiger partial charge is 0.394 e. The largest absolute Gasteiger partial charge is 0.472 e. The summed E-state index contributed by atoms with van der Waals surface area (Å²) in [6.45, 7) is -1.14. The van der Waals surface area contributed by atoms with Gasteiger partial charge in [-0.05, 0) is 0 Å². The van der Waals surface area contributed by atoms with Gasteiger partial charge in [0.05, 0.1) is 38.6 Å². The Kier molecular flexibility index (Phi) is 8.39. The quantitative estimate of drug-likeness (QED) is 0.101. The highest BCUT2D eigenvalue weighted by Gasteiger charge is 2.63. The van der Waals surface area contributed by atoms with Crippen LogP contribution in [0.1, 0.15) is 18.9 Å². The summed E-state index contributed by atoms with van der Waals surface area (Å²) in [5, 5.41) is 20.7. The highest BCUT2D eigenvalue weighted by Crippen LogP contribution is 2.53. The van der Waals surface area contributed by atoms with Crippen molar-refractivity contribution in [1.29, 1.82) is 0 Å². The van der Waals surface area contributed by atoms with Crippen LogP contribution in [0.4, 0.5) is 11.8 Å². The minimum Gasteiger partial charge on any atom is -0.394 e. The van der Waals surface area contributed by atoms with Crippen molar-refractivity contribution >= 4 is 50.6 Å². The van der Waals surface area contributed by atoms with E-state index in [1.54, 1.807) is 0 Å². The molecule has 0 spiro atoms. The molecule has 7 rings (SSSR count). The number of hydrogen-bond donors (Lipinski definition) is 7. The van der Waals surface area contributed by atoms with E-state index in [0.717, 1.165) is 0 Å². The number of imidazole rings is 2. The SMILES string of the molecule is Nc1nc2c(ncn2[C@@H]2O[C@H](CO)C[C@@H]2OP(=O)(O)OC[C@]23CO[C@@H](C2O)[C@H](n2cnc4c(N)ncnc42)O3)c(=O)[nH]1.O=PO. The van der Waals surface area contributed by atoms with E-state index in [2.05, 4.69) is 29.9 Å². The third-order valence-electron chi connectivity index (χ3n) is 7.48. The lowest BCUT2D eigenvalue weighted by Gasteiger charge is -2.31. The van der Waals surface area contributed by atoms with Gasteiger partial charge in [0.1, 0.15) is 35.8 Å². The van der Waals surface area contributed by atoms with Crippen LogP contribution in [-0.2, 0) is 32.4 Å². The van der Waals surface area contributed by atoms with E-state index in [-0.39, 0.29) is 36.0 Å². The molecule has 9 N–H and O–H groups in total. The number of aliphatic hydroxyl groups excluding tert-OH is 2. The average molecular weight is 672 g/mol. The molecule has 3 fully saturated rings. The molecule has 4 aromatic rings. The van der Waals surface area contributed by atoms with E-state index in [9.17, 15) is 24.5 Å². The summed E-state index contributed by atoms with van der Waals surface area (Å²) >= 11 is 0. The molecule has 0 amide bonds. The summed E-state index contributed by atoms with van der Waals surface area (Å²) < 4.78 is 52.9. The number of phosphoric ester groups is 1. The van der Waals surface area contributed by atoms with Gasteiger partial charge in [-0.1, -0.05) is 0 Å². The van der Waals surface area contributed by atoms with Gasteiger partial charge >= 0.3 is 16.5 Å². The Morgan fingerprint density at radius 3 is 2.60 bits per heavy atom. The summed E-state index contributed by atoms with van der Waals surface area (Å²) in [7, 11) is -5.68. The number of phosphoric acid groups is 1. The molecule has 3 saturated heterocycles. The van der Waals surface area contributed by atoms with Gasteiger partial charge < -0.3 is 45.7 Å². The van der Waals surface area contributed by atoms with Crippen LogP contribution in [0.5, 0.6) is 0 Å². The molecule has 2 bridgehead atoms. The van der Waals surface area contributed by atoms with E-state index < -0.39 is 77.8 Å². The summed E-state index contributed by atoms with van der Waals surface area (Å²) in [5.74, 6) is -0.0175. The monoisotopic (exact) mass is 672 g/mol. The fourth-order valence-corrected chi connectivity index (χ4v) is 6.46. The first kappa shape index (κ1) is 31.5. The van der Waals surface area contributed by atoms with Crippen molar-refractivity contribution in [3.63, 3.8) is 0 Å². The molecule has 8 atom stereocenters. The third-order valence-corrected chi connectivity index (χ3v) is 8.47. The van der Waals surface area contributed by atoms with Gasteiger partial charge in [0.2, 0.25) is 5.95 Å². The van der Waals surface area contributed by atoms with Gasteiger partial charge in [-0.25, -0.2) is 29.1 Å². The maximum Gasteiger partial charge on any atom is 0.472 e. The number of nitrogen functional groups attached to an aromatic ring is 2. The van der Waals surface area contributed by atoms with Gasteiger partial charge in [0, 0.05) is 6.42 Å². The number of aromatic nitrogens is 8. The lowest BCUT2D eigenvalue weighted by atomic mass is 10.0. The lowest BCUT2D eigenvalue weighted by molar-refractivity contribution is -0.184. The second kappa shape index (κ2) is 12.0. The van der Waals surface area contributed by atoms with Crippen molar-refractivity contribution in [3.8, 4) is 0 Å². The molecule has 45 heavy (non-hydrogen) atoms. The number of ether oxygens (including phenoxy) is 3. The predicted molar refractivity (Wildman–Crippen MR) is 147 cm³/mol. The number of H-pyrrole nitrogens is 1. The molecule has 4 aromatic heterocycles. The van der Waals surface area contributed by atoms with Crippen LogP contribution in [0, 0.1) is 0 Å². The normalized spacial score (nSPS) is 30.6.